The van der Waals surface area contributed by atoms with Gasteiger partial charge in [0.05, 0.1) is 0 Å². The SMILES string of the molecule is CC(C)(CCCCO)CCO[Si](C)(C)C(C)(C)C.CC(C)(CCCCOC1CCCCO1)CCO[Si](C)(C)C(C)(C)C. The van der Waals surface area contributed by atoms with Gasteiger partial charge in [-0.2, -0.15) is 0 Å². The molecule has 0 spiro atoms. The van der Waals surface area contributed by atoms with E-state index in [9.17, 15) is 0 Å². The van der Waals surface area contributed by atoms with Crippen LogP contribution in [0.5, 0.6) is 0 Å². The van der Waals surface area contributed by atoms with E-state index < -0.39 is 16.6 Å². The zero-order chi connectivity index (χ0) is 32.7. The average Bonchev–Trinajstić information content (AvgIpc) is 2.83. The van der Waals surface area contributed by atoms with Crippen LogP contribution >= 0.6 is 0 Å². The van der Waals surface area contributed by atoms with E-state index in [1.165, 1.54) is 32.1 Å². The van der Waals surface area contributed by atoms with Crippen molar-refractivity contribution >= 4 is 16.6 Å². The maximum atomic E-state index is 8.82. The van der Waals surface area contributed by atoms with Gasteiger partial charge in [0, 0.05) is 33.0 Å². The van der Waals surface area contributed by atoms with Crippen molar-refractivity contribution in [1.29, 1.82) is 0 Å². The molecule has 0 amide bonds. The van der Waals surface area contributed by atoms with Crippen LogP contribution in [0, 0.1) is 10.8 Å². The van der Waals surface area contributed by atoms with Crippen molar-refractivity contribution in [1.82, 2.24) is 0 Å². The molecule has 254 valence electrons. The first-order valence-corrected chi connectivity index (χ1v) is 23.0. The van der Waals surface area contributed by atoms with Crippen molar-refractivity contribution in [3.05, 3.63) is 0 Å². The summed E-state index contributed by atoms with van der Waals surface area (Å²) in [5.41, 5.74) is 0.682. The number of aliphatic hydroxyl groups excluding tert-OH is 1. The highest BCUT2D eigenvalue weighted by molar-refractivity contribution is 6.74. The van der Waals surface area contributed by atoms with Crippen LogP contribution in [0.1, 0.15) is 140 Å². The smallest absolute Gasteiger partial charge is 0.191 e. The molecule has 1 aliphatic heterocycles. The zero-order valence-electron chi connectivity index (χ0n) is 31.0. The second-order valence-electron chi connectivity index (χ2n) is 17.4. The first kappa shape index (κ1) is 42.2. The summed E-state index contributed by atoms with van der Waals surface area (Å²) in [4.78, 5) is 0. The van der Waals surface area contributed by atoms with Crippen molar-refractivity contribution in [3.8, 4) is 0 Å². The summed E-state index contributed by atoms with van der Waals surface area (Å²) < 4.78 is 24.0. The van der Waals surface area contributed by atoms with Crippen LogP contribution in [0.3, 0.4) is 0 Å². The Balaban J connectivity index is 0.000000837. The lowest BCUT2D eigenvalue weighted by atomic mass is 9.84. The molecule has 0 aliphatic carbocycles. The summed E-state index contributed by atoms with van der Waals surface area (Å²) in [5.74, 6) is 0. The molecule has 5 nitrogen and oxygen atoms in total. The average molecular weight is 633 g/mol. The van der Waals surface area contributed by atoms with E-state index in [0.717, 1.165) is 65.0 Å². The highest BCUT2D eigenvalue weighted by Crippen LogP contribution is 2.38. The molecule has 0 bridgehead atoms. The van der Waals surface area contributed by atoms with E-state index in [1.54, 1.807) is 0 Å². The summed E-state index contributed by atoms with van der Waals surface area (Å²) in [6.45, 7) is 36.2. The summed E-state index contributed by atoms with van der Waals surface area (Å²) in [6, 6.07) is 0. The molecule has 1 unspecified atom stereocenters. The van der Waals surface area contributed by atoms with Crippen molar-refractivity contribution < 1.29 is 23.4 Å². The minimum absolute atomic E-state index is 0.0600. The monoisotopic (exact) mass is 633 g/mol. The van der Waals surface area contributed by atoms with Crippen LogP contribution in [0.15, 0.2) is 0 Å². The fourth-order valence-corrected chi connectivity index (χ4v) is 6.42. The molecule has 1 saturated heterocycles. The second-order valence-corrected chi connectivity index (χ2v) is 27.0. The zero-order valence-corrected chi connectivity index (χ0v) is 33.0. The van der Waals surface area contributed by atoms with Gasteiger partial charge in [-0.1, -0.05) is 82.1 Å². The summed E-state index contributed by atoms with van der Waals surface area (Å²) in [6.07, 6.45) is 12.6. The Kier molecular flexibility index (Phi) is 19.1. The number of unbranched alkanes of at least 4 members (excludes halogenated alkanes) is 2. The minimum Gasteiger partial charge on any atom is -0.417 e. The van der Waals surface area contributed by atoms with Gasteiger partial charge >= 0.3 is 0 Å². The van der Waals surface area contributed by atoms with E-state index >= 15 is 0 Å². The molecule has 0 saturated carbocycles. The van der Waals surface area contributed by atoms with Gasteiger partial charge in [0.15, 0.2) is 22.9 Å². The molecule has 0 aromatic carbocycles. The second kappa shape index (κ2) is 19.0. The lowest BCUT2D eigenvalue weighted by Gasteiger charge is -2.37. The standard InChI is InChI=1S/C20H42O3Si.C15H34O2Si/c1-19(2,3)24(6,7)23-17-14-20(4,5)13-9-11-16-22-18-12-8-10-15-21-18;1-14(2,3)18(6,7)17-13-11-15(4,5)10-8-9-12-16/h18H,8-17H2,1-7H3;16H,8-13H2,1-7H3. The van der Waals surface area contributed by atoms with Crippen molar-refractivity contribution in [2.45, 2.75) is 182 Å². The van der Waals surface area contributed by atoms with Crippen LogP contribution in [-0.4, -0.2) is 61.1 Å². The molecule has 0 aromatic rings. The molecule has 1 fully saturated rings. The van der Waals surface area contributed by atoms with Crippen molar-refractivity contribution in [2.24, 2.45) is 10.8 Å². The number of hydrogen-bond acceptors (Lipinski definition) is 5. The van der Waals surface area contributed by atoms with Gasteiger partial charge in [-0.05, 0) is 105 Å². The highest BCUT2D eigenvalue weighted by atomic mass is 28.4. The Morgan fingerprint density at radius 2 is 1.07 bits per heavy atom. The Bertz CT molecular complexity index is 686. The topological polar surface area (TPSA) is 57.2 Å². The lowest BCUT2D eigenvalue weighted by Crippen LogP contribution is -2.41. The highest BCUT2D eigenvalue weighted by Gasteiger charge is 2.38. The van der Waals surface area contributed by atoms with Crippen LogP contribution < -0.4 is 0 Å². The van der Waals surface area contributed by atoms with E-state index in [4.69, 9.17) is 23.4 Å². The van der Waals surface area contributed by atoms with Gasteiger partial charge in [-0.25, -0.2) is 0 Å². The molecular formula is C35H76O5Si2. The van der Waals surface area contributed by atoms with Crippen molar-refractivity contribution in [2.75, 3.05) is 33.0 Å². The lowest BCUT2D eigenvalue weighted by molar-refractivity contribution is -0.162. The van der Waals surface area contributed by atoms with Gasteiger partial charge in [-0.3, -0.25) is 0 Å². The third-order valence-electron chi connectivity index (χ3n) is 10.0. The molecule has 0 radical (unpaired) electrons. The quantitative estimate of drug-likeness (QED) is 0.120. The fraction of sp³-hybridized carbons (Fsp3) is 1.00. The molecule has 0 aromatic heterocycles. The molecule has 1 N–H and O–H groups in total. The Morgan fingerprint density at radius 1 is 0.619 bits per heavy atom. The van der Waals surface area contributed by atoms with Gasteiger partial charge in [0.25, 0.3) is 0 Å². The minimum atomic E-state index is -1.60. The fourth-order valence-electron chi connectivity index (χ4n) is 4.33. The van der Waals surface area contributed by atoms with E-state index in [2.05, 4.69) is 95.4 Å². The predicted octanol–water partition coefficient (Wildman–Crippen LogP) is 10.7. The first-order chi connectivity index (χ1) is 19.1. The Morgan fingerprint density at radius 3 is 1.45 bits per heavy atom. The van der Waals surface area contributed by atoms with Crippen LogP contribution in [0.4, 0.5) is 0 Å². The van der Waals surface area contributed by atoms with Gasteiger partial charge in [-0.15, -0.1) is 0 Å². The number of ether oxygens (including phenoxy) is 2. The third-order valence-corrected chi connectivity index (χ3v) is 19.1. The van der Waals surface area contributed by atoms with E-state index in [1.807, 2.05) is 0 Å². The Labute approximate surface area is 265 Å². The largest absolute Gasteiger partial charge is 0.417 e. The number of aliphatic hydroxyl groups is 1. The van der Waals surface area contributed by atoms with Crippen molar-refractivity contribution in [3.63, 3.8) is 0 Å². The summed E-state index contributed by atoms with van der Waals surface area (Å²) in [5, 5.41) is 9.42. The molecule has 7 heteroatoms. The predicted molar refractivity (Wildman–Crippen MR) is 187 cm³/mol. The summed E-state index contributed by atoms with van der Waals surface area (Å²) in [7, 11) is -3.18. The van der Waals surface area contributed by atoms with E-state index in [-0.39, 0.29) is 6.29 Å². The van der Waals surface area contributed by atoms with Gasteiger partial charge in [0.2, 0.25) is 0 Å². The number of hydrogen-bond donors (Lipinski definition) is 1. The van der Waals surface area contributed by atoms with Gasteiger partial charge in [0.1, 0.15) is 0 Å². The van der Waals surface area contributed by atoms with Crippen LogP contribution in [0.2, 0.25) is 36.3 Å². The third kappa shape index (κ3) is 18.9. The van der Waals surface area contributed by atoms with Crippen LogP contribution in [0.25, 0.3) is 0 Å². The first-order valence-electron chi connectivity index (χ1n) is 17.2. The molecule has 1 atom stereocenters. The molecular weight excluding hydrogens is 557 g/mol. The Hall–Kier alpha value is 0.234. The molecule has 1 heterocycles. The molecule has 1 aliphatic rings. The van der Waals surface area contributed by atoms with Gasteiger partial charge < -0.3 is 23.4 Å². The normalized spacial score (nSPS) is 17.6. The molecule has 42 heavy (non-hydrogen) atoms. The maximum Gasteiger partial charge on any atom is 0.191 e. The summed E-state index contributed by atoms with van der Waals surface area (Å²) >= 11 is 0. The maximum absolute atomic E-state index is 8.82. The van der Waals surface area contributed by atoms with Crippen LogP contribution in [-0.2, 0) is 18.3 Å². The molecule has 1 rings (SSSR count). The number of rotatable bonds is 18. The van der Waals surface area contributed by atoms with E-state index in [0.29, 0.717) is 27.5 Å².